The summed E-state index contributed by atoms with van der Waals surface area (Å²) in [5.41, 5.74) is 11.3. The SMILES string of the molecule is COC(=O)c1cc(-c2ccc(OC)cc2)nc(-c2ccc(OC)nc2)c1N=[N+]=[N-]. The van der Waals surface area contributed by atoms with Gasteiger partial charge < -0.3 is 14.2 Å². The molecule has 0 N–H and O–H groups in total. The summed E-state index contributed by atoms with van der Waals surface area (Å²) in [7, 11) is 4.34. The highest BCUT2D eigenvalue weighted by Crippen LogP contribution is 2.36. The number of pyridine rings is 2. The van der Waals surface area contributed by atoms with Crippen LogP contribution in [0.5, 0.6) is 11.6 Å². The standard InChI is InChI=1S/C20H17N5O4/c1-27-14-7-4-12(5-8-14)16-10-15(20(26)29-3)19(24-25-21)18(23-16)13-6-9-17(28-2)22-11-13/h4-11H,1-3H3. The second-order valence-corrected chi connectivity index (χ2v) is 5.75. The molecule has 0 aliphatic heterocycles. The Bertz CT molecular complexity index is 1080. The summed E-state index contributed by atoms with van der Waals surface area (Å²) in [6.45, 7) is 0. The first kappa shape index (κ1) is 19.7. The summed E-state index contributed by atoms with van der Waals surface area (Å²) in [6, 6.07) is 12.1. The number of carbonyl (C=O) groups excluding carboxylic acids is 1. The van der Waals surface area contributed by atoms with Crippen LogP contribution >= 0.6 is 0 Å². The summed E-state index contributed by atoms with van der Waals surface area (Å²) in [4.78, 5) is 24.0. The maximum atomic E-state index is 12.4. The van der Waals surface area contributed by atoms with Crippen LogP contribution in [0.4, 0.5) is 5.69 Å². The fourth-order valence-corrected chi connectivity index (χ4v) is 2.70. The predicted octanol–water partition coefficient (Wildman–Crippen LogP) is 4.56. The van der Waals surface area contributed by atoms with Crippen molar-refractivity contribution in [3.8, 4) is 34.1 Å². The van der Waals surface area contributed by atoms with Gasteiger partial charge in [0.2, 0.25) is 5.88 Å². The van der Waals surface area contributed by atoms with Gasteiger partial charge in [-0.1, -0.05) is 5.11 Å². The molecule has 0 amide bonds. The predicted molar refractivity (Wildman–Crippen MR) is 106 cm³/mol. The zero-order chi connectivity index (χ0) is 20.8. The Morgan fingerprint density at radius 1 is 1.03 bits per heavy atom. The lowest BCUT2D eigenvalue weighted by molar-refractivity contribution is 0.0601. The maximum Gasteiger partial charge on any atom is 0.338 e. The zero-order valence-corrected chi connectivity index (χ0v) is 16.0. The summed E-state index contributed by atoms with van der Waals surface area (Å²) in [5.74, 6) is 0.457. The fraction of sp³-hybridized carbons (Fsp3) is 0.150. The summed E-state index contributed by atoms with van der Waals surface area (Å²) < 4.78 is 15.1. The van der Waals surface area contributed by atoms with Crippen molar-refractivity contribution in [2.75, 3.05) is 21.3 Å². The van der Waals surface area contributed by atoms with E-state index in [0.717, 1.165) is 5.56 Å². The van der Waals surface area contributed by atoms with E-state index in [2.05, 4.69) is 20.0 Å². The number of benzene rings is 1. The number of azide groups is 1. The van der Waals surface area contributed by atoms with Crippen molar-refractivity contribution in [3.05, 3.63) is 64.7 Å². The van der Waals surface area contributed by atoms with E-state index >= 15 is 0 Å². The molecule has 9 nitrogen and oxygen atoms in total. The number of hydrogen-bond donors (Lipinski definition) is 0. The van der Waals surface area contributed by atoms with Crippen LogP contribution in [0.2, 0.25) is 0 Å². The van der Waals surface area contributed by atoms with Crippen LogP contribution in [0.1, 0.15) is 10.4 Å². The lowest BCUT2D eigenvalue weighted by Gasteiger charge is -2.13. The molecule has 0 fully saturated rings. The first-order chi connectivity index (χ1) is 14.1. The second kappa shape index (κ2) is 8.73. The van der Waals surface area contributed by atoms with E-state index in [1.54, 1.807) is 31.4 Å². The van der Waals surface area contributed by atoms with Crippen molar-refractivity contribution in [2.24, 2.45) is 5.11 Å². The fourth-order valence-electron chi connectivity index (χ4n) is 2.70. The van der Waals surface area contributed by atoms with Gasteiger partial charge in [0.15, 0.2) is 0 Å². The summed E-state index contributed by atoms with van der Waals surface area (Å²) in [6.07, 6.45) is 1.52. The van der Waals surface area contributed by atoms with Crippen molar-refractivity contribution < 1.29 is 19.0 Å². The van der Waals surface area contributed by atoms with Gasteiger partial charge in [-0.15, -0.1) is 0 Å². The van der Waals surface area contributed by atoms with E-state index in [0.29, 0.717) is 28.6 Å². The second-order valence-electron chi connectivity index (χ2n) is 5.75. The normalized spacial score (nSPS) is 10.0. The molecule has 146 valence electrons. The molecule has 0 atom stereocenters. The van der Waals surface area contributed by atoms with Gasteiger partial charge in [0.25, 0.3) is 0 Å². The molecular formula is C20H17N5O4. The highest BCUT2D eigenvalue weighted by atomic mass is 16.5. The Balaban J connectivity index is 2.27. The number of carbonyl (C=O) groups is 1. The maximum absolute atomic E-state index is 12.4. The first-order valence-corrected chi connectivity index (χ1v) is 8.44. The average molecular weight is 391 g/mol. The van der Waals surface area contributed by atoms with Crippen LogP contribution in [0, 0.1) is 0 Å². The molecule has 0 aliphatic rings. The van der Waals surface area contributed by atoms with Gasteiger partial charge in [0.05, 0.1) is 44.0 Å². The molecule has 0 saturated carbocycles. The molecule has 0 unspecified atom stereocenters. The Hall–Kier alpha value is -4.10. The van der Waals surface area contributed by atoms with Crippen LogP contribution in [0.3, 0.4) is 0 Å². The minimum absolute atomic E-state index is 0.0589. The molecule has 3 rings (SSSR count). The average Bonchev–Trinajstić information content (AvgIpc) is 2.79. The van der Waals surface area contributed by atoms with Crippen molar-refractivity contribution >= 4 is 11.7 Å². The third kappa shape index (κ3) is 4.10. The van der Waals surface area contributed by atoms with E-state index in [4.69, 9.17) is 19.7 Å². The Labute approximate surface area is 166 Å². The van der Waals surface area contributed by atoms with Gasteiger partial charge in [-0.2, -0.15) is 0 Å². The van der Waals surface area contributed by atoms with Crippen LogP contribution < -0.4 is 9.47 Å². The molecule has 0 spiro atoms. The molecule has 0 saturated heterocycles. The number of nitrogens with zero attached hydrogens (tertiary/aromatic N) is 5. The molecule has 0 bridgehead atoms. The van der Waals surface area contributed by atoms with Crippen LogP contribution in [0.25, 0.3) is 33.0 Å². The highest BCUT2D eigenvalue weighted by Gasteiger charge is 2.20. The number of aromatic nitrogens is 2. The monoisotopic (exact) mass is 391 g/mol. The summed E-state index contributed by atoms with van der Waals surface area (Å²) >= 11 is 0. The van der Waals surface area contributed by atoms with Gasteiger partial charge in [-0.05, 0) is 41.9 Å². The van der Waals surface area contributed by atoms with E-state index < -0.39 is 5.97 Å². The minimum atomic E-state index is -0.646. The quantitative estimate of drug-likeness (QED) is 0.263. The molecule has 3 aromatic rings. The molecule has 29 heavy (non-hydrogen) atoms. The highest BCUT2D eigenvalue weighted by molar-refractivity contribution is 5.99. The number of methoxy groups -OCH3 is 3. The number of hydrogen-bond acceptors (Lipinski definition) is 7. The van der Waals surface area contributed by atoms with Crippen LogP contribution in [0.15, 0.2) is 53.8 Å². The van der Waals surface area contributed by atoms with Crippen LogP contribution in [-0.2, 0) is 4.74 Å². The van der Waals surface area contributed by atoms with Gasteiger partial charge in [-0.3, -0.25) is 0 Å². The first-order valence-electron chi connectivity index (χ1n) is 8.44. The zero-order valence-electron chi connectivity index (χ0n) is 16.0. The third-order valence-electron chi connectivity index (χ3n) is 4.15. The van der Waals surface area contributed by atoms with Crippen molar-refractivity contribution in [2.45, 2.75) is 0 Å². The lowest BCUT2D eigenvalue weighted by Crippen LogP contribution is -2.04. The van der Waals surface area contributed by atoms with E-state index in [1.807, 2.05) is 12.1 Å². The molecule has 0 aliphatic carbocycles. The lowest BCUT2D eigenvalue weighted by atomic mass is 10.0. The smallest absolute Gasteiger partial charge is 0.338 e. The largest absolute Gasteiger partial charge is 0.497 e. The molecular weight excluding hydrogens is 374 g/mol. The Morgan fingerprint density at radius 3 is 2.31 bits per heavy atom. The van der Waals surface area contributed by atoms with Gasteiger partial charge in [-0.25, -0.2) is 14.8 Å². The van der Waals surface area contributed by atoms with Crippen molar-refractivity contribution in [1.29, 1.82) is 0 Å². The molecule has 2 heterocycles. The van der Waals surface area contributed by atoms with Crippen molar-refractivity contribution in [1.82, 2.24) is 9.97 Å². The van der Waals surface area contributed by atoms with E-state index in [9.17, 15) is 4.79 Å². The van der Waals surface area contributed by atoms with Gasteiger partial charge >= 0.3 is 5.97 Å². The number of rotatable bonds is 6. The molecule has 2 aromatic heterocycles. The molecule has 1 aromatic carbocycles. The number of esters is 1. The van der Waals surface area contributed by atoms with Crippen LogP contribution in [-0.4, -0.2) is 37.3 Å². The van der Waals surface area contributed by atoms with Gasteiger partial charge in [0.1, 0.15) is 5.75 Å². The minimum Gasteiger partial charge on any atom is -0.497 e. The van der Waals surface area contributed by atoms with E-state index in [1.165, 1.54) is 26.5 Å². The number of ether oxygens (including phenoxy) is 3. The topological polar surface area (TPSA) is 119 Å². The third-order valence-corrected chi connectivity index (χ3v) is 4.15. The molecule has 9 heteroatoms. The Kier molecular flexibility index (Phi) is 5.91. The van der Waals surface area contributed by atoms with Crippen molar-refractivity contribution in [3.63, 3.8) is 0 Å². The molecule has 0 radical (unpaired) electrons. The Morgan fingerprint density at radius 2 is 1.76 bits per heavy atom. The summed E-state index contributed by atoms with van der Waals surface area (Å²) in [5, 5.41) is 3.69. The van der Waals surface area contributed by atoms with E-state index in [-0.39, 0.29) is 11.3 Å². The van der Waals surface area contributed by atoms with Gasteiger partial charge in [0, 0.05) is 28.3 Å².